The van der Waals surface area contributed by atoms with Gasteiger partial charge in [-0.3, -0.25) is 4.90 Å². The summed E-state index contributed by atoms with van der Waals surface area (Å²) >= 11 is 0. The van der Waals surface area contributed by atoms with Crippen molar-refractivity contribution >= 4 is 5.97 Å². The summed E-state index contributed by atoms with van der Waals surface area (Å²) in [7, 11) is 0. The van der Waals surface area contributed by atoms with E-state index in [0.717, 1.165) is 37.9 Å². The minimum absolute atomic E-state index is 0.178. The molecule has 0 amide bonds. The van der Waals surface area contributed by atoms with Crippen molar-refractivity contribution in [3.63, 3.8) is 0 Å². The highest BCUT2D eigenvalue weighted by Gasteiger charge is 2.33. The van der Waals surface area contributed by atoms with Crippen molar-refractivity contribution < 1.29 is 18.7 Å². The highest BCUT2D eigenvalue weighted by atomic mass is 19.1. The predicted octanol–water partition coefficient (Wildman–Crippen LogP) is 4.30. The summed E-state index contributed by atoms with van der Waals surface area (Å²) in [6, 6.07) is 17.0. The van der Waals surface area contributed by atoms with E-state index in [4.69, 9.17) is 9.47 Å². The van der Waals surface area contributed by atoms with E-state index in [-0.39, 0.29) is 11.8 Å². The molecule has 0 spiro atoms. The number of hydrogen-bond donors (Lipinski definition) is 0. The second kappa shape index (κ2) is 9.51. The minimum atomic E-state index is -0.452. The van der Waals surface area contributed by atoms with Gasteiger partial charge in [0.05, 0.1) is 6.61 Å². The number of rotatable bonds is 5. The number of benzene rings is 2. The molecule has 2 unspecified atom stereocenters. The van der Waals surface area contributed by atoms with Crippen LogP contribution in [0.15, 0.2) is 54.6 Å². The second-order valence-corrected chi connectivity index (χ2v) is 8.01. The number of carbonyl (C=O) groups excluding carboxylic acids is 1. The quantitative estimate of drug-likeness (QED) is 0.706. The van der Waals surface area contributed by atoms with Crippen molar-refractivity contribution in [1.82, 2.24) is 4.90 Å². The normalized spacial score (nSPS) is 23.6. The molecule has 0 aliphatic carbocycles. The number of esters is 1. The zero-order valence-corrected chi connectivity index (χ0v) is 16.6. The van der Waals surface area contributed by atoms with Crippen molar-refractivity contribution in [2.24, 2.45) is 0 Å². The Morgan fingerprint density at radius 1 is 1.00 bits per heavy atom. The third-order valence-electron chi connectivity index (χ3n) is 6.13. The molecule has 154 valence electrons. The third-order valence-corrected chi connectivity index (χ3v) is 6.13. The molecule has 2 aromatic carbocycles. The molecular formula is C24H28FNO3. The van der Waals surface area contributed by atoms with Crippen LogP contribution in [0.1, 0.15) is 42.7 Å². The molecule has 0 bridgehead atoms. The molecule has 2 saturated heterocycles. The first kappa shape index (κ1) is 20.0. The Hall–Kier alpha value is -2.24. The molecule has 5 heteroatoms. The minimum Gasteiger partial charge on any atom is -0.459 e. The molecule has 0 saturated carbocycles. The Bertz CT molecular complexity index is 780. The van der Waals surface area contributed by atoms with E-state index in [1.54, 1.807) is 12.1 Å². The van der Waals surface area contributed by atoms with E-state index in [9.17, 15) is 9.18 Å². The Kier molecular flexibility index (Phi) is 6.57. The monoisotopic (exact) mass is 397 g/mol. The van der Waals surface area contributed by atoms with Crippen LogP contribution in [-0.2, 0) is 20.9 Å². The molecule has 2 atom stereocenters. The van der Waals surface area contributed by atoms with Crippen LogP contribution in [0.3, 0.4) is 0 Å². The fourth-order valence-corrected chi connectivity index (χ4v) is 4.37. The molecule has 2 fully saturated rings. The number of carbonyl (C=O) groups is 1. The van der Waals surface area contributed by atoms with Gasteiger partial charge in [-0.15, -0.1) is 0 Å². The van der Waals surface area contributed by atoms with Crippen molar-refractivity contribution in [1.29, 1.82) is 0 Å². The summed E-state index contributed by atoms with van der Waals surface area (Å²) in [6.07, 6.45) is 3.35. The average molecular weight is 397 g/mol. The van der Waals surface area contributed by atoms with E-state index in [0.29, 0.717) is 31.6 Å². The van der Waals surface area contributed by atoms with Gasteiger partial charge in [0.15, 0.2) is 6.10 Å². The number of piperidine rings is 1. The summed E-state index contributed by atoms with van der Waals surface area (Å²) in [4.78, 5) is 14.8. The predicted molar refractivity (Wildman–Crippen MR) is 109 cm³/mol. The summed E-state index contributed by atoms with van der Waals surface area (Å²) in [5, 5.41) is 0. The Morgan fingerprint density at radius 2 is 1.72 bits per heavy atom. The number of hydrogen-bond acceptors (Lipinski definition) is 4. The van der Waals surface area contributed by atoms with Gasteiger partial charge < -0.3 is 9.47 Å². The number of likely N-dealkylation sites (tertiary alicyclic amines) is 1. The maximum atomic E-state index is 13.1. The van der Waals surface area contributed by atoms with E-state index < -0.39 is 6.10 Å². The topological polar surface area (TPSA) is 38.8 Å². The van der Waals surface area contributed by atoms with Crippen LogP contribution in [0.25, 0.3) is 0 Å². The van der Waals surface area contributed by atoms with Crippen LogP contribution in [0.4, 0.5) is 4.39 Å². The fourth-order valence-electron chi connectivity index (χ4n) is 4.37. The van der Waals surface area contributed by atoms with Gasteiger partial charge in [-0.25, -0.2) is 9.18 Å². The van der Waals surface area contributed by atoms with E-state index in [1.807, 2.05) is 42.5 Å². The average Bonchev–Trinajstić information content (AvgIpc) is 2.79. The molecular weight excluding hydrogens is 369 g/mol. The van der Waals surface area contributed by atoms with E-state index in [2.05, 4.69) is 4.90 Å². The Balaban J connectivity index is 1.20. The third kappa shape index (κ3) is 5.22. The zero-order valence-electron chi connectivity index (χ0n) is 16.6. The van der Waals surface area contributed by atoms with Gasteiger partial charge >= 0.3 is 5.97 Å². The molecule has 0 aromatic heterocycles. The van der Waals surface area contributed by atoms with Crippen LogP contribution in [-0.4, -0.2) is 42.7 Å². The lowest BCUT2D eigenvalue weighted by Crippen LogP contribution is -2.47. The summed E-state index contributed by atoms with van der Waals surface area (Å²) in [5.41, 5.74) is 2.21. The molecule has 0 radical (unpaired) electrons. The summed E-state index contributed by atoms with van der Waals surface area (Å²) < 4.78 is 24.4. The first-order valence-corrected chi connectivity index (χ1v) is 10.5. The maximum absolute atomic E-state index is 13.1. The van der Waals surface area contributed by atoms with Crippen LogP contribution in [0, 0.1) is 5.82 Å². The smallest absolute Gasteiger partial charge is 0.335 e. The standard InChI is InChI=1S/C24H28FNO3/c25-21-8-6-19(7-9-21)20-12-14-26(15-13-20)22-10-11-23(28-17-22)24(27)29-16-18-4-2-1-3-5-18/h1-9,20,22-23H,10-17H2. The molecule has 2 heterocycles. The maximum Gasteiger partial charge on any atom is 0.335 e. The van der Waals surface area contributed by atoms with Crippen LogP contribution >= 0.6 is 0 Å². The Morgan fingerprint density at radius 3 is 2.38 bits per heavy atom. The first-order valence-electron chi connectivity index (χ1n) is 10.5. The van der Waals surface area contributed by atoms with Gasteiger partial charge in [-0.05, 0) is 68.0 Å². The van der Waals surface area contributed by atoms with E-state index >= 15 is 0 Å². The number of halogens is 1. The highest BCUT2D eigenvalue weighted by Crippen LogP contribution is 2.31. The van der Waals surface area contributed by atoms with Gasteiger partial charge in [-0.2, -0.15) is 0 Å². The molecule has 29 heavy (non-hydrogen) atoms. The van der Waals surface area contributed by atoms with Gasteiger partial charge in [0.25, 0.3) is 0 Å². The summed E-state index contributed by atoms with van der Waals surface area (Å²) in [5.74, 6) is 0.0572. The summed E-state index contributed by atoms with van der Waals surface area (Å²) in [6.45, 7) is 2.89. The molecule has 2 aromatic rings. The number of nitrogens with zero attached hydrogens (tertiary/aromatic N) is 1. The largest absolute Gasteiger partial charge is 0.459 e. The fraction of sp³-hybridized carbons (Fsp3) is 0.458. The van der Waals surface area contributed by atoms with Crippen molar-refractivity contribution in [3.8, 4) is 0 Å². The van der Waals surface area contributed by atoms with Gasteiger partial charge in [0.1, 0.15) is 12.4 Å². The first-order chi connectivity index (χ1) is 14.2. The van der Waals surface area contributed by atoms with E-state index in [1.165, 1.54) is 5.56 Å². The SMILES string of the molecule is O=C(OCc1ccccc1)C1CCC(N2CCC(c3ccc(F)cc3)CC2)CO1. The van der Waals surface area contributed by atoms with Crippen molar-refractivity contribution in [3.05, 3.63) is 71.5 Å². The molecule has 0 N–H and O–H groups in total. The zero-order chi connectivity index (χ0) is 20.1. The van der Waals surface area contributed by atoms with Gasteiger partial charge in [0, 0.05) is 6.04 Å². The number of ether oxygens (including phenoxy) is 2. The molecule has 4 nitrogen and oxygen atoms in total. The van der Waals surface area contributed by atoms with Crippen LogP contribution in [0.2, 0.25) is 0 Å². The van der Waals surface area contributed by atoms with Crippen LogP contribution < -0.4 is 0 Å². The van der Waals surface area contributed by atoms with Gasteiger partial charge in [0.2, 0.25) is 0 Å². The lowest BCUT2D eigenvalue weighted by molar-refractivity contribution is -0.164. The van der Waals surface area contributed by atoms with Crippen LogP contribution in [0.5, 0.6) is 0 Å². The Labute approximate surface area is 171 Å². The van der Waals surface area contributed by atoms with Gasteiger partial charge in [-0.1, -0.05) is 42.5 Å². The molecule has 4 rings (SSSR count). The lowest BCUT2D eigenvalue weighted by Gasteiger charge is -2.40. The lowest BCUT2D eigenvalue weighted by atomic mass is 9.88. The van der Waals surface area contributed by atoms with Crippen molar-refractivity contribution in [2.75, 3.05) is 19.7 Å². The second-order valence-electron chi connectivity index (χ2n) is 8.01. The molecule has 2 aliphatic heterocycles. The van der Waals surface area contributed by atoms with Crippen molar-refractivity contribution in [2.45, 2.75) is 50.4 Å². The molecule has 2 aliphatic rings. The highest BCUT2D eigenvalue weighted by molar-refractivity contribution is 5.74.